The summed E-state index contributed by atoms with van der Waals surface area (Å²) in [4.78, 5) is 3.86. The average Bonchev–Trinajstić information content (AvgIpc) is 2.95. The Hall–Kier alpha value is -1.26. The van der Waals surface area contributed by atoms with Crippen LogP contribution in [0.2, 0.25) is 0 Å². The summed E-state index contributed by atoms with van der Waals surface area (Å²) in [6.45, 7) is 4.09. The molecule has 1 unspecified atom stereocenters. The summed E-state index contributed by atoms with van der Waals surface area (Å²) < 4.78 is 5.27. The molecule has 21 heavy (non-hydrogen) atoms. The van der Waals surface area contributed by atoms with Gasteiger partial charge in [0.15, 0.2) is 0 Å². The average molecular weight is 302 g/mol. The molecule has 3 nitrogen and oxygen atoms in total. The van der Waals surface area contributed by atoms with Crippen LogP contribution in [0.4, 0.5) is 0 Å². The number of rotatable bonds is 4. The molecule has 1 aliphatic rings. The minimum atomic E-state index is 0.399. The third-order valence-electron chi connectivity index (χ3n) is 4.15. The van der Waals surface area contributed by atoms with Gasteiger partial charge in [-0.25, -0.2) is 0 Å². The molecule has 0 spiro atoms. The molecule has 1 atom stereocenters. The van der Waals surface area contributed by atoms with Crippen molar-refractivity contribution < 1.29 is 4.52 Å². The van der Waals surface area contributed by atoms with E-state index in [4.69, 9.17) is 4.52 Å². The lowest BCUT2D eigenvalue weighted by Crippen LogP contribution is -2.33. The third-order valence-corrected chi connectivity index (χ3v) is 4.89. The van der Waals surface area contributed by atoms with Crippen LogP contribution in [0.1, 0.15) is 42.3 Å². The van der Waals surface area contributed by atoms with Crippen molar-refractivity contribution >= 4 is 11.8 Å². The number of aromatic nitrogens is 1. The molecule has 112 valence electrons. The van der Waals surface area contributed by atoms with Gasteiger partial charge in [0.1, 0.15) is 11.5 Å². The number of piperidine rings is 1. The molecule has 1 fully saturated rings. The number of hydrogen-bond donors (Lipinski definition) is 0. The summed E-state index contributed by atoms with van der Waals surface area (Å²) in [5.41, 5.74) is 2.47. The normalized spacial score (nSPS) is 19.8. The van der Waals surface area contributed by atoms with E-state index in [0.717, 1.165) is 24.5 Å². The molecule has 0 bridgehead atoms. The Morgan fingerprint density at radius 2 is 2.10 bits per heavy atom. The molecule has 0 radical (unpaired) electrons. The standard InChI is InChI=1S/C17H22N2OS/c1-13-11-16(18-20-13)17-5-3-4-10-19(17)12-14-6-8-15(21-2)9-7-14/h6-9,11,17H,3-5,10,12H2,1-2H3. The molecule has 0 aliphatic carbocycles. The van der Waals surface area contributed by atoms with Crippen LogP contribution in [0, 0.1) is 6.92 Å². The molecule has 2 aromatic rings. The molecule has 1 aromatic heterocycles. The fourth-order valence-corrected chi connectivity index (χ4v) is 3.43. The first kappa shape index (κ1) is 14.7. The van der Waals surface area contributed by atoms with Crippen LogP contribution >= 0.6 is 11.8 Å². The van der Waals surface area contributed by atoms with E-state index in [1.165, 1.54) is 29.7 Å². The SMILES string of the molecule is CSc1ccc(CN2CCCCC2c2cc(C)on2)cc1. The van der Waals surface area contributed by atoms with Crippen molar-refractivity contribution in [2.75, 3.05) is 12.8 Å². The Labute approximate surface area is 130 Å². The van der Waals surface area contributed by atoms with E-state index in [0.29, 0.717) is 6.04 Å². The van der Waals surface area contributed by atoms with Gasteiger partial charge in [0, 0.05) is 17.5 Å². The number of thioether (sulfide) groups is 1. The highest BCUT2D eigenvalue weighted by Gasteiger charge is 2.26. The third kappa shape index (κ3) is 3.50. The van der Waals surface area contributed by atoms with Crippen LogP contribution in [-0.2, 0) is 6.54 Å². The van der Waals surface area contributed by atoms with Crippen LogP contribution < -0.4 is 0 Å². The zero-order valence-electron chi connectivity index (χ0n) is 12.7. The molecule has 0 amide bonds. The number of likely N-dealkylation sites (tertiary alicyclic amines) is 1. The van der Waals surface area contributed by atoms with Gasteiger partial charge in [0.2, 0.25) is 0 Å². The van der Waals surface area contributed by atoms with Crippen molar-refractivity contribution in [1.29, 1.82) is 0 Å². The maximum absolute atomic E-state index is 5.27. The molecule has 1 aromatic carbocycles. The number of aryl methyl sites for hydroxylation is 1. The van der Waals surface area contributed by atoms with E-state index in [2.05, 4.69) is 46.6 Å². The van der Waals surface area contributed by atoms with Crippen molar-refractivity contribution in [3.05, 3.63) is 47.3 Å². The van der Waals surface area contributed by atoms with Gasteiger partial charge in [-0.1, -0.05) is 23.7 Å². The van der Waals surface area contributed by atoms with E-state index >= 15 is 0 Å². The zero-order chi connectivity index (χ0) is 14.7. The van der Waals surface area contributed by atoms with Crippen LogP contribution in [0.15, 0.2) is 39.8 Å². The second-order valence-corrected chi connectivity index (χ2v) is 6.57. The van der Waals surface area contributed by atoms with E-state index in [1.54, 1.807) is 11.8 Å². The highest BCUT2D eigenvalue weighted by atomic mass is 32.2. The Morgan fingerprint density at radius 3 is 2.76 bits per heavy atom. The Balaban J connectivity index is 1.74. The van der Waals surface area contributed by atoms with Crippen molar-refractivity contribution in [3.63, 3.8) is 0 Å². The van der Waals surface area contributed by atoms with Gasteiger partial charge in [-0.2, -0.15) is 0 Å². The second-order valence-electron chi connectivity index (χ2n) is 5.69. The van der Waals surface area contributed by atoms with Gasteiger partial charge >= 0.3 is 0 Å². The predicted octanol–water partition coefficient (Wildman–Crippen LogP) is 4.43. The Bertz CT molecular complexity index is 579. The lowest BCUT2D eigenvalue weighted by Gasteiger charge is -2.34. The summed E-state index contributed by atoms with van der Waals surface area (Å²) >= 11 is 1.79. The summed E-state index contributed by atoms with van der Waals surface area (Å²) in [5, 5.41) is 4.24. The van der Waals surface area contributed by atoms with Crippen LogP contribution in [0.5, 0.6) is 0 Å². The first-order valence-electron chi connectivity index (χ1n) is 7.56. The van der Waals surface area contributed by atoms with Crippen LogP contribution in [0.3, 0.4) is 0 Å². The van der Waals surface area contributed by atoms with Gasteiger partial charge in [-0.3, -0.25) is 4.90 Å². The smallest absolute Gasteiger partial charge is 0.133 e. The second kappa shape index (κ2) is 6.67. The van der Waals surface area contributed by atoms with Crippen LogP contribution in [0.25, 0.3) is 0 Å². The van der Waals surface area contributed by atoms with E-state index < -0.39 is 0 Å². The van der Waals surface area contributed by atoms with Crippen LogP contribution in [-0.4, -0.2) is 22.9 Å². The maximum Gasteiger partial charge on any atom is 0.133 e. The van der Waals surface area contributed by atoms with Gasteiger partial charge in [0.05, 0.1) is 6.04 Å². The minimum Gasteiger partial charge on any atom is -0.361 e. The molecular weight excluding hydrogens is 280 g/mol. The molecular formula is C17H22N2OS. The molecule has 0 saturated carbocycles. The summed E-state index contributed by atoms with van der Waals surface area (Å²) in [7, 11) is 0. The number of nitrogens with zero attached hydrogens (tertiary/aromatic N) is 2. The van der Waals surface area contributed by atoms with Crippen molar-refractivity contribution in [2.45, 2.75) is 43.7 Å². The van der Waals surface area contributed by atoms with E-state index in [9.17, 15) is 0 Å². The molecule has 1 aliphatic heterocycles. The lowest BCUT2D eigenvalue weighted by atomic mass is 9.98. The Morgan fingerprint density at radius 1 is 1.29 bits per heavy atom. The van der Waals surface area contributed by atoms with Gasteiger partial charge in [-0.05, 0) is 50.3 Å². The highest BCUT2D eigenvalue weighted by Crippen LogP contribution is 2.32. The van der Waals surface area contributed by atoms with Crippen molar-refractivity contribution in [2.24, 2.45) is 0 Å². The summed E-state index contributed by atoms with van der Waals surface area (Å²) in [6.07, 6.45) is 5.84. The fraction of sp³-hybridized carbons (Fsp3) is 0.471. The minimum absolute atomic E-state index is 0.399. The van der Waals surface area contributed by atoms with E-state index in [1.807, 2.05) is 6.92 Å². The summed E-state index contributed by atoms with van der Waals surface area (Å²) in [6, 6.07) is 11.4. The lowest BCUT2D eigenvalue weighted by molar-refractivity contribution is 0.134. The van der Waals surface area contributed by atoms with Gasteiger partial charge < -0.3 is 4.52 Å². The molecule has 3 rings (SSSR count). The predicted molar refractivity (Wildman–Crippen MR) is 86.5 cm³/mol. The molecule has 0 N–H and O–H groups in total. The van der Waals surface area contributed by atoms with Gasteiger partial charge in [0.25, 0.3) is 0 Å². The number of hydrogen-bond acceptors (Lipinski definition) is 4. The zero-order valence-corrected chi connectivity index (χ0v) is 13.5. The van der Waals surface area contributed by atoms with Gasteiger partial charge in [-0.15, -0.1) is 11.8 Å². The number of benzene rings is 1. The fourth-order valence-electron chi connectivity index (χ4n) is 3.02. The van der Waals surface area contributed by atoms with Crippen molar-refractivity contribution in [1.82, 2.24) is 10.1 Å². The van der Waals surface area contributed by atoms with Crippen molar-refractivity contribution in [3.8, 4) is 0 Å². The first-order chi connectivity index (χ1) is 10.3. The quantitative estimate of drug-likeness (QED) is 0.781. The largest absolute Gasteiger partial charge is 0.361 e. The monoisotopic (exact) mass is 302 g/mol. The maximum atomic E-state index is 5.27. The summed E-state index contributed by atoms with van der Waals surface area (Å²) in [5.74, 6) is 0.903. The molecule has 1 saturated heterocycles. The molecule has 4 heteroatoms. The topological polar surface area (TPSA) is 29.3 Å². The molecule has 2 heterocycles. The first-order valence-corrected chi connectivity index (χ1v) is 8.79. The van der Waals surface area contributed by atoms with E-state index in [-0.39, 0.29) is 0 Å². The Kier molecular flexibility index (Phi) is 4.66. The highest BCUT2D eigenvalue weighted by molar-refractivity contribution is 7.98.